The molecule has 5 heteroatoms. The van der Waals surface area contributed by atoms with Crippen LogP contribution in [0.3, 0.4) is 0 Å². The molecular formula is C18H18N2O3. The summed E-state index contributed by atoms with van der Waals surface area (Å²) in [6.45, 7) is 1.66. The number of amides is 1. The predicted molar refractivity (Wildman–Crippen MR) is 87.2 cm³/mol. The summed E-state index contributed by atoms with van der Waals surface area (Å²) in [4.78, 5) is 23.1. The molecule has 2 aromatic rings. The Bertz CT molecular complexity index is 739. The topological polar surface area (TPSA) is 72.2 Å². The number of nitrogens with zero attached hydrogens (tertiary/aromatic N) is 1. The van der Waals surface area contributed by atoms with Gasteiger partial charge in [-0.3, -0.25) is 14.9 Å². The minimum atomic E-state index is -0.457. The van der Waals surface area contributed by atoms with Gasteiger partial charge in [-0.1, -0.05) is 36.4 Å². The Morgan fingerprint density at radius 1 is 1.22 bits per heavy atom. The van der Waals surface area contributed by atoms with Crippen LogP contribution in [0.5, 0.6) is 0 Å². The van der Waals surface area contributed by atoms with Gasteiger partial charge in [0.2, 0.25) is 0 Å². The first kappa shape index (κ1) is 15.2. The molecule has 1 amide bonds. The number of hydrogen-bond acceptors (Lipinski definition) is 3. The van der Waals surface area contributed by atoms with Crippen LogP contribution in [0.15, 0.2) is 48.5 Å². The summed E-state index contributed by atoms with van der Waals surface area (Å²) in [5.41, 5.74) is 1.92. The number of hydrogen-bond donors (Lipinski definition) is 1. The van der Waals surface area contributed by atoms with E-state index in [1.807, 2.05) is 30.3 Å². The van der Waals surface area contributed by atoms with E-state index in [0.717, 1.165) is 18.4 Å². The summed E-state index contributed by atoms with van der Waals surface area (Å²) in [5, 5.41) is 14.1. The average molecular weight is 310 g/mol. The normalized spacial score (nSPS) is 15.0. The number of benzene rings is 2. The highest BCUT2D eigenvalue weighted by Crippen LogP contribution is 2.41. The lowest BCUT2D eigenvalue weighted by molar-refractivity contribution is -0.385. The largest absolute Gasteiger partial charge is 0.345 e. The first-order valence-corrected chi connectivity index (χ1v) is 7.67. The molecular weight excluding hydrogens is 292 g/mol. The fourth-order valence-corrected chi connectivity index (χ4v) is 2.74. The molecule has 0 radical (unpaired) electrons. The highest BCUT2D eigenvalue weighted by Gasteiger charge is 2.33. The first-order chi connectivity index (χ1) is 11.1. The molecule has 1 fully saturated rings. The van der Waals surface area contributed by atoms with Gasteiger partial charge in [0, 0.05) is 17.2 Å². The minimum Gasteiger partial charge on any atom is -0.345 e. The zero-order valence-corrected chi connectivity index (χ0v) is 12.9. The molecule has 1 aliphatic rings. The maximum Gasteiger partial charge on any atom is 0.273 e. The minimum absolute atomic E-state index is 0.0275. The quantitative estimate of drug-likeness (QED) is 0.674. The van der Waals surface area contributed by atoms with Gasteiger partial charge in [0.25, 0.3) is 11.6 Å². The molecule has 0 unspecified atom stereocenters. The van der Waals surface area contributed by atoms with Crippen molar-refractivity contribution in [1.82, 2.24) is 5.32 Å². The van der Waals surface area contributed by atoms with Gasteiger partial charge in [-0.2, -0.15) is 0 Å². The monoisotopic (exact) mass is 310 g/mol. The van der Waals surface area contributed by atoms with E-state index in [-0.39, 0.29) is 17.6 Å². The van der Waals surface area contributed by atoms with Crippen LogP contribution in [-0.2, 0) is 0 Å². The Morgan fingerprint density at radius 3 is 2.52 bits per heavy atom. The summed E-state index contributed by atoms with van der Waals surface area (Å²) in [5.74, 6) is 0.177. The molecule has 3 rings (SSSR count). The zero-order valence-electron chi connectivity index (χ0n) is 12.9. The number of carbonyl (C=O) groups is 1. The molecule has 5 nitrogen and oxygen atoms in total. The van der Waals surface area contributed by atoms with Crippen LogP contribution in [0.4, 0.5) is 5.69 Å². The van der Waals surface area contributed by atoms with E-state index in [2.05, 4.69) is 5.32 Å². The number of rotatable bonds is 5. The third kappa shape index (κ3) is 3.39. The lowest BCUT2D eigenvalue weighted by Gasteiger charge is -2.19. The summed E-state index contributed by atoms with van der Waals surface area (Å²) in [7, 11) is 0. The van der Waals surface area contributed by atoms with Crippen LogP contribution in [-0.4, -0.2) is 10.8 Å². The van der Waals surface area contributed by atoms with E-state index < -0.39 is 4.92 Å². The lowest BCUT2D eigenvalue weighted by atomic mass is 10.0. The number of nitro groups is 1. The summed E-state index contributed by atoms with van der Waals surface area (Å²) < 4.78 is 0. The van der Waals surface area contributed by atoms with E-state index in [0.29, 0.717) is 17.0 Å². The zero-order chi connectivity index (χ0) is 16.4. The molecule has 0 bridgehead atoms. The molecule has 1 saturated carbocycles. The molecule has 1 aliphatic carbocycles. The van der Waals surface area contributed by atoms with Crippen molar-refractivity contribution in [3.8, 4) is 0 Å². The highest BCUT2D eigenvalue weighted by atomic mass is 16.6. The van der Waals surface area contributed by atoms with Crippen LogP contribution in [0.25, 0.3) is 0 Å². The summed E-state index contributed by atoms with van der Waals surface area (Å²) in [6, 6.07) is 14.4. The Kier molecular flexibility index (Phi) is 4.10. The molecule has 2 aromatic carbocycles. The van der Waals surface area contributed by atoms with Crippen molar-refractivity contribution in [2.45, 2.75) is 25.8 Å². The molecule has 1 atom stereocenters. The van der Waals surface area contributed by atoms with Gasteiger partial charge < -0.3 is 5.32 Å². The molecule has 0 aromatic heterocycles. The van der Waals surface area contributed by atoms with E-state index >= 15 is 0 Å². The second kappa shape index (κ2) is 6.20. The van der Waals surface area contributed by atoms with E-state index in [4.69, 9.17) is 0 Å². The van der Waals surface area contributed by atoms with Crippen molar-refractivity contribution >= 4 is 11.6 Å². The van der Waals surface area contributed by atoms with Crippen LogP contribution in [0.1, 0.15) is 40.4 Å². The van der Waals surface area contributed by atoms with E-state index in [1.54, 1.807) is 19.1 Å². The van der Waals surface area contributed by atoms with E-state index in [9.17, 15) is 14.9 Å². The van der Waals surface area contributed by atoms with Gasteiger partial charge in [0.1, 0.15) is 0 Å². The van der Waals surface area contributed by atoms with Gasteiger partial charge in [0.05, 0.1) is 11.0 Å². The van der Waals surface area contributed by atoms with Crippen LogP contribution >= 0.6 is 0 Å². The molecule has 0 saturated heterocycles. The number of nitro benzene ring substituents is 1. The molecule has 23 heavy (non-hydrogen) atoms. The maximum absolute atomic E-state index is 12.5. The number of aryl methyl sites for hydroxylation is 1. The fourth-order valence-electron chi connectivity index (χ4n) is 2.74. The van der Waals surface area contributed by atoms with Gasteiger partial charge >= 0.3 is 0 Å². The third-order valence-electron chi connectivity index (χ3n) is 4.21. The molecule has 0 heterocycles. The van der Waals surface area contributed by atoms with Crippen molar-refractivity contribution < 1.29 is 9.72 Å². The summed E-state index contributed by atoms with van der Waals surface area (Å²) >= 11 is 0. The Hall–Kier alpha value is -2.69. The van der Waals surface area contributed by atoms with Gasteiger partial charge in [-0.05, 0) is 37.3 Å². The standard InChI is InChI=1S/C18H18N2O3/c1-12-7-8-15(11-16(12)20(22)23)18(21)19-17(14-9-10-14)13-5-3-2-4-6-13/h2-8,11,14,17H,9-10H2,1H3,(H,19,21)/t17-/m0/s1. The summed E-state index contributed by atoms with van der Waals surface area (Å²) in [6.07, 6.45) is 2.18. The van der Waals surface area contributed by atoms with Crippen molar-refractivity contribution in [1.29, 1.82) is 0 Å². The second-order valence-corrected chi connectivity index (χ2v) is 5.96. The molecule has 118 valence electrons. The van der Waals surface area contributed by atoms with Gasteiger partial charge in [0.15, 0.2) is 0 Å². The van der Waals surface area contributed by atoms with Crippen LogP contribution in [0, 0.1) is 23.0 Å². The SMILES string of the molecule is Cc1ccc(C(=O)N[C@@H](c2ccccc2)C2CC2)cc1[N+](=O)[O-]. The Morgan fingerprint density at radius 2 is 1.91 bits per heavy atom. The van der Waals surface area contributed by atoms with Crippen molar-refractivity contribution in [3.05, 3.63) is 75.3 Å². The molecule has 1 N–H and O–H groups in total. The maximum atomic E-state index is 12.5. The third-order valence-corrected chi connectivity index (χ3v) is 4.21. The number of carbonyl (C=O) groups excluding carboxylic acids is 1. The predicted octanol–water partition coefficient (Wildman–Crippen LogP) is 3.78. The van der Waals surface area contributed by atoms with Crippen molar-refractivity contribution in [2.24, 2.45) is 5.92 Å². The van der Waals surface area contributed by atoms with Crippen molar-refractivity contribution in [2.75, 3.05) is 0 Å². The lowest BCUT2D eigenvalue weighted by Crippen LogP contribution is -2.29. The number of nitrogens with one attached hydrogen (secondary N) is 1. The van der Waals surface area contributed by atoms with Crippen LogP contribution < -0.4 is 5.32 Å². The Balaban J connectivity index is 1.83. The fraction of sp³-hybridized carbons (Fsp3) is 0.278. The smallest absolute Gasteiger partial charge is 0.273 e. The van der Waals surface area contributed by atoms with Gasteiger partial charge in [-0.25, -0.2) is 0 Å². The van der Waals surface area contributed by atoms with E-state index in [1.165, 1.54) is 6.07 Å². The Labute approximate surface area is 134 Å². The first-order valence-electron chi connectivity index (χ1n) is 7.67. The average Bonchev–Trinajstić information content (AvgIpc) is 3.38. The van der Waals surface area contributed by atoms with Crippen LogP contribution in [0.2, 0.25) is 0 Å². The second-order valence-electron chi connectivity index (χ2n) is 5.96. The van der Waals surface area contributed by atoms with Crippen molar-refractivity contribution in [3.63, 3.8) is 0 Å². The molecule has 0 spiro atoms. The molecule has 0 aliphatic heterocycles. The van der Waals surface area contributed by atoms with Gasteiger partial charge in [-0.15, -0.1) is 0 Å². The highest BCUT2D eigenvalue weighted by molar-refractivity contribution is 5.95.